The summed E-state index contributed by atoms with van der Waals surface area (Å²) < 4.78 is 11.9. The number of nitrogens with two attached hydrogens (primary N) is 1. The van der Waals surface area contributed by atoms with Crippen LogP contribution in [0.5, 0.6) is 11.5 Å². The number of hydrogen-bond donors (Lipinski definition) is 1. The van der Waals surface area contributed by atoms with E-state index >= 15 is 0 Å². The number of ether oxygens (including phenoxy) is 2. The van der Waals surface area contributed by atoms with Gasteiger partial charge in [0.2, 0.25) is 5.91 Å². The van der Waals surface area contributed by atoms with Crippen LogP contribution < -0.4 is 20.1 Å². The maximum absolute atomic E-state index is 11.5. The molecule has 0 bridgehead atoms. The number of carbonyl (C=O) groups excluding carboxylic acids is 1. The van der Waals surface area contributed by atoms with E-state index in [1.54, 1.807) is 7.11 Å². The predicted molar refractivity (Wildman–Crippen MR) is 189 cm³/mol. The summed E-state index contributed by atoms with van der Waals surface area (Å²) >= 11 is 0. The molecule has 0 unspecified atom stereocenters. The predicted octanol–water partition coefficient (Wildman–Crippen LogP) is 6.90. The molecule has 1 aliphatic carbocycles. The Hall–Kier alpha value is -3.55. The fraction of sp³-hybridized carbons (Fsp3) is 0.525. The average molecular weight is 637 g/mol. The molecule has 1 saturated carbocycles. The molecule has 250 valence electrons. The minimum absolute atomic E-state index is 0.0120. The van der Waals surface area contributed by atoms with Crippen molar-refractivity contribution in [1.29, 1.82) is 0 Å². The number of nitrogens with zero attached hydrogens (tertiary/aromatic N) is 3. The van der Waals surface area contributed by atoms with Gasteiger partial charge in [0.15, 0.2) is 11.5 Å². The van der Waals surface area contributed by atoms with Gasteiger partial charge in [-0.05, 0) is 90.1 Å². The van der Waals surface area contributed by atoms with Gasteiger partial charge in [-0.2, -0.15) is 0 Å². The molecule has 3 aromatic rings. The second-order valence-corrected chi connectivity index (χ2v) is 15.6. The lowest BCUT2D eigenvalue weighted by Crippen LogP contribution is -2.60. The summed E-state index contributed by atoms with van der Waals surface area (Å²) in [4.78, 5) is 19.5. The van der Waals surface area contributed by atoms with Gasteiger partial charge in [0, 0.05) is 73.6 Å². The van der Waals surface area contributed by atoms with E-state index in [2.05, 4.69) is 78.8 Å². The van der Waals surface area contributed by atoms with E-state index in [9.17, 15) is 4.79 Å². The highest BCUT2D eigenvalue weighted by molar-refractivity contribution is 5.93. The first kappa shape index (κ1) is 32.0. The van der Waals surface area contributed by atoms with Crippen LogP contribution in [-0.4, -0.2) is 68.2 Å². The Kier molecular flexibility index (Phi) is 8.50. The van der Waals surface area contributed by atoms with Gasteiger partial charge in [0.25, 0.3) is 0 Å². The number of hydrogen-bond acceptors (Lipinski definition) is 6. The van der Waals surface area contributed by atoms with Crippen molar-refractivity contribution < 1.29 is 14.3 Å². The molecule has 1 atom stereocenters. The number of anilines is 1. The number of methoxy groups -OCH3 is 1. The van der Waals surface area contributed by atoms with E-state index in [4.69, 9.17) is 15.2 Å². The molecule has 3 aliphatic heterocycles. The van der Waals surface area contributed by atoms with E-state index in [1.165, 1.54) is 53.6 Å². The van der Waals surface area contributed by atoms with Crippen LogP contribution >= 0.6 is 0 Å². The second kappa shape index (κ2) is 12.5. The van der Waals surface area contributed by atoms with Crippen molar-refractivity contribution in [1.82, 2.24) is 9.80 Å². The molecule has 1 spiro atoms. The minimum atomic E-state index is -0.368. The van der Waals surface area contributed by atoms with Crippen LogP contribution in [0.25, 0.3) is 0 Å². The third kappa shape index (κ3) is 6.13. The van der Waals surface area contributed by atoms with Crippen LogP contribution in [0.15, 0.2) is 60.7 Å². The average Bonchev–Trinajstić information content (AvgIpc) is 3.37. The van der Waals surface area contributed by atoms with E-state index in [1.807, 2.05) is 24.3 Å². The van der Waals surface area contributed by atoms with Crippen LogP contribution in [0, 0.1) is 5.41 Å². The van der Waals surface area contributed by atoms with Crippen LogP contribution in [0.3, 0.4) is 0 Å². The zero-order valence-electron chi connectivity index (χ0n) is 28.9. The van der Waals surface area contributed by atoms with Crippen molar-refractivity contribution >= 4 is 11.6 Å². The number of carbonyl (C=O) groups is 1. The highest BCUT2D eigenvalue weighted by atomic mass is 16.5. The molecule has 47 heavy (non-hydrogen) atoms. The molecule has 3 fully saturated rings. The SMILES string of the molecule is COc1cc(CN2CCN(C3CC4(CCN(c5ccc(C(N)=O)cc5)CC4)C3)[C@H](c3ccccc3C(C)C)C2)cc2c1OCC2(C)C. The van der Waals surface area contributed by atoms with E-state index in [0.29, 0.717) is 35.6 Å². The Morgan fingerprint density at radius 2 is 1.72 bits per heavy atom. The highest BCUT2D eigenvalue weighted by Crippen LogP contribution is 2.53. The number of fused-ring (bicyclic) bond motifs is 1. The van der Waals surface area contributed by atoms with E-state index < -0.39 is 0 Å². The Labute approximate surface area is 281 Å². The Balaban J connectivity index is 1.06. The molecular weight excluding hydrogens is 584 g/mol. The number of amides is 1. The molecule has 7 rings (SSSR count). The number of piperazine rings is 1. The molecule has 1 amide bonds. The molecule has 0 radical (unpaired) electrons. The maximum atomic E-state index is 11.5. The van der Waals surface area contributed by atoms with Gasteiger partial charge in [-0.15, -0.1) is 0 Å². The number of benzene rings is 3. The molecule has 7 heteroatoms. The molecule has 4 aliphatic rings. The maximum Gasteiger partial charge on any atom is 0.248 e. The summed E-state index contributed by atoms with van der Waals surface area (Å²) in [5.74, 6) is 1.89. The molecular formula is C40H52N4O3. The summed E-state index contributed by atoms with van der Waals surface area (Å²) in [6.45, 7) is 16.1. The first-order chi connectivity index (χ1) is 22.6. The van der Waals surface area contributed by atoms with Gasteiger partial charge in [0.05, 0.1) is 13.7 Å². The lowest BCUT2D eigenvalue weighted by molar-refractivity contribution is -0.0628. The summed E-state index contributed by atoms with van der Waals surface area (Å²) in [6, 6.07) is 22.5. The van der Waals surface area contributed by atoms with E-state index in [0.717, 1.165) is 50.8 Å². The summed E-state index contributed by atoms with van der Waals surface area (Å²) in [7, 11) is 1.75. The molecule has 2 N–H and O–H groups in total. The first-order valence-electron chi connectivity index (χ1n) is 17.6. The van der Waals surface area contributed by atoms with Crippen LogP contribution in [0.1, 0.15) is 97.9 Å². The van der Waals surface area contributed by atoms with Crippen molar-refractivity contribution in [2.75, 3.05) is 51.3 Å². The largest absolute Gasteiger partial charge is 0.493 e. The van der Waals surface area contributed by atoms with Gasteiger partial charge in [-0.1, -0.05) is 52.0 Å². The quantitative estimate of drug-likeness (QED) is 0.290. The Bertz CT molecular complexity index is 1600. The number of rotatable bonds is 8. The lowest BCUT2D eigenvalue weighted by Gasteiger charge is -2.58. The van der Waals surface area contributed by atoms with Crippen molar-refractivity contribution in [3.63, 3.8) is 0 Å². The molecule has 0 aromatic heterocycles. The molecule has 3 heterocycles. The second-order valence-electron chi connectivity index (χ2n) is 15.6. The molecule has 7 nitrogen and oxygen atoms in total. The Morgan fingerprint density at radius 1 is 1.00 bits per heavy atom. The third-order valence-corrected chi connectivity index (χ3v) is 11.7. The highest BCUT2D eigenvalue weighted by Gasteiger charge is 2.50. The topological polar surface area (TPSA) is 71.3 Å². The fourth-order valence-electron chi connectivity index (χ4n) is 8.85. The monoisotopic (exact) mass is 636 g/mol. The summed E-state index contributed by atoms with van der Waals surface area (Å²) in [6.07, 6.45) is 5.04. The van der Waals surface area contributed by atoms with E-state index in [-0.39, 0.29) is 11.3 Å². The van der Waals surface area contributed by atoms with Gasteiger partial charge in [-0.3, -0.25) is 14.6 Å². The fourth-order valence-corrected chi connectivity index (χ4v) is 8.85. The van der Waals surface area contributed by atoms with Crippen molar-refractivity contribution in [3.05, 3.63) is 88.5 Å². The number of primary amides is 1. The zero-order valence-corrected chi connectivity index (χ0v) is 28.9. The normalized spacial score (nSPS) is 22.6. The lowest BCUT2D eigenvalue weighted by atomic mass is 9.59. The molecule has 3 aromatic carbocycles. The van der Waals surface area contributed by atoms with Gasteiger partial charge >= 0.3 is 0 Å². The van der Waals surface area contributed by atoms with Crippen molar-refractivity contribution in [2.45, 2.75) is 83.3 Å². The van der Waals surface area contributed by atoms with Crippen LogP contribution in [0.4, 0.5) is 5.69 Å². The Morgan fingerprint density at radius 3 is 2.40 bits per heavy atom. The van der Waals surface area contributed by atoms with Gasteiger partial charge < -0.3 is 20.1 Å². The third-order valence-electron chi connectivity index (χ3n) is 11.7. The van der Waals surface area contributed by atoms with Crippen LogP contribution in [-0.2, 0) is 12.0 Å². The minimum Gasteiger partial charge on any atom is -0.493 e. The smallest absolute Gasteiger partial charge is 0.248 e. The zero-order chi connectivity index (χ0) is 32.9. The van der Waals surface area contributed by atoms with Crippen LogP contribution in [0.2, 0.25) is 0 Å². The van der Waals surface area contributed by atoms with Crippen molar-refractivity contribution in [2.24, 2.45) is 11.1 Å². The van der Waals surface area contributed by atoms with Gasteiger partial charge in [-0.25, -0.2) is 0 Å². The molecule has 2 saturated heterocycles. The summed E-state index contributed by atoms with van der Waals surface area (Å²) in [5.41, 5.74) is 13.2. The first-order valence-corrected chi connectivity index (χ1v) is 17.6. The summed E-state index contributed by atoms with van der Waals surface area (Å²) in [5, 5.41) is 0. The standard InChI is InChI=1S/C40H52N4O3/c1-27(2)32-8-6-7-9-33(32)35-25-42(24-28-20-34-37(36(21-28)46-5)47-26-39(34,3)4)18-19-44(35)31-22-40(23-31)14-16-43(17-15-40)30-12-10-29(11-13-30)38(41)45/h6-13,20-21,27,31,35H,14-19,22-26H2,1-5H3,(H2,41,45)/t35-/m0/s1. The van der Waals surface area contributed by atoms with Gasteiger partial charge in [0.1, 0.15) is 0 Å². The number of piperidine rings is 1. The van der Waals surface area contributed by atoms with Crippen molar-refractivity contribution in [3.8, 4) is 11.5 Å².